The number of hydrogen-bond donors (Lipinski definition) is 0. The molecule has 3 rings (SSSR count). The van der Waals surface area contributed by atoms with Gasteiger partial charge in [-0.05, 0) is 25.0 Å². The first-order valence-electron chi connectivity index (χ1n) is 9.31. The summed E-state index contributed by atoms with van der Waals surface area (Å²) in [7, 11) is 1.51. The van der Waals surface area contributed by atoms with Gasteiger partial charge < -0.3 is 14.2 Å². The number of benzene rings is 1. The Kier molecular flexibility index (Phi) is 6.96. The molecule has 0 saturated carbocycles. The molecule has 0 spiro atoms. The van der Waals surface area contributed by atoms with Crippen molar-refractivity contribution in [3.05, 3.63) is 63.0 Å². The summed E-state index contributed by atoms with van der Waals surface area (Å²) >= 11 is 1.08. The summed E-state index contributed by atoms with van der Waals surface area (Å²) in [4.78, 5) is 42.8. The molecule has 0 aliphatic rings. The van der Waals surface area contributed by atoms with Gasteiger partial charge in [0, 0.05) is 7.11 Å². The van der Waals surface area contributed by atoms with Crippen LogP contribution in [0.4, 0.5) is 0 Å². The van der Waals surface area contributed by atoms with Crippen LogP contribution in [-0.2, 0) is 25.6 Å². The van der Waals surface area contributed by atoms with E-state index in [4.69, 9.17) is 14.2 Å². The lowest BCUT2D eigenvalue weighted by molar-refractivity contribution is -0.148. The molecule has 2 heterocycles. The van der Waals surface area contributed by atoms with Crippen molar-refractivity contribution in [2.24, 2.45) is 0 Å². The fraction of sp³-hybridized carbons (Fsp3) is 0.333. The summed E-state index contributed by atoms with van der Waals surface area (Å²) in [6.45, 7) is 3.75. The molecule has 0 amide bonds. The van der Waals surface area contributed by atoms with Crippen LogP contribution < -0.4 is 5.56 Å². The Balaban J connectivity index is 1.82. The zero-order chi connectivity index (χ0) is 21.7. The largest absolute Gasteiger partial charge is 0.459 e. The van der Waals surface area contributed by atoms with Gasteiger partial charge in [0.1, 0.15) is 29.0 Å². The van der Waals surface area contributed by atoms with Crippen LogP contribution in [0, 0.1) is 6.92 Å². The van der Waals surface area contributed by atoms with Crippen molar-refractivity contribution in [1.82, 2.24) is 9.55 Å². The molecule has 3 aromatic rings. The van der Waals surface area contributed by atoms with Crippen molar-refractivity contribution in [1.29, 1.82) is 0 Å². The zero-order valence-electron chi connectivity index (χ0n) is 16.9. The van der Waals surface area contributed by atoms with Crippen LogP contribution in [0.15, 0.2) is 41.5 Å². The number of carbonyl (C=O) groups is 2. The van der Waals surface area contributed by atoms with Gasteiger partial charge in [-0.15, -0.1) is 11.3 Å². The van der Waals surface area contributed by atoms with E-state index in [0.717, 1.165) is 16.9 Å². The maximum atomic E-state index is 13.0. The van der Waals surface area contributed by atoms with Crippen LogP contribution in [0.25, 0.3) is 10.2 Å². The van der Waals surface area contributed by atoms with E-state index < -0.39 is 23.5 Å². The number of hydrogen-bond acceptors (Lipinski definition) is 8. The van der Waals surface area contributed by atoms with Crippen LogP contribution in [0.5, 0.6) is 0 Å². The quantitative estimate of drug-likeness (QED) is 0.400. The molecule has 0 unspecified atom stereocenters. The second-order valence-corrected chi connectivity index (χ2v) is 7.59. The molecule has 0 aliphatic heterocycles. The molecule has 30 heavy (non-hydrogen) atoms. The van der Waals surface area contributed by atoms with Gasteiger partial charge in [0.2, 0.25) is 0 Å². The van der Waals surface area contributed by atoms with Gasteiger partial charge in [-0.3, -0.25) is 9.36 Å². The predicted octanol–water partition coefficient (Wildman–Crippen LogP) is 2.87. The first-order valence-corrected chi connectivity index (χ1v) is 10.1. The lowest BCUT2D eigenvalue weighted by atomic mass is 10.2. The molecule has 0 aliphatic carbocycles. The van der Waals surface area contributed by atoms with Crippen LogP contribution in [0.3, 0.4) is 0 Å². The van der Waals surface area contributed by atoms with E-state index in [9.17, 15) is 14.4 Å². The van der Waals surface area contributed by atoms with Gasteiger partial charge >= 0.3 is 11.9 Å². The van der Waals surface area contributed by atoms with Gasteiger partial charge in [0.05, 0.1) is 18.3 Å². The normalized spacial score (nSPS) is 12.0. The minimum Gasteiger partial charge on any atom is -0.459 e. The Hall–Kier alpha value is -3.04. The van der Waals surface area contributed by atoms with Crippen LogP contribution in [-0.4, -0.2) is 41.8 Å². The molecule has 2 aromatic heterocycles. The van der Waals surface area contributed by atoms with E-state index in [2.05, 4.69) is 4.98 Å². The summed E-state index contributed by atoms with van der Waals surface area (Å²) in [5.74, 6) is -1.08. The third-order valence-electron chi connectivity index (χ3n) is 4.56. The summed E-state index contributed by atoms with van der Waals surface area (Å²) in [6, 6.07) is 8.41. The highest BCUT2D eigenvalue weighted by Gasteiger charge is 2.24. The predicted molar refractivity (Wildman–Crippen MR) is 112 cm³/mol. The van der Waals surface area contributed by atoms with Gasteiger partial charge in [0.25, 0.3) is 5.56 Å². The van der Waals surface area contributed by atoms with Gasteiger partial charge in [-0.2, -0.15) is 0 Å². The highest BCUT2D eigenvalue weighted by Crippen LogP contribution is 2.28. The second kappa shape index (κ2) is 9.64. The molecule has 8 nitrogen and oxygen atoms in total. The minimum atomic E-state index is -0.866. The summed E-state index contributed by atoms with van der Waals surface area (Å²) in [6.07, 6.45) is 1.30. The van der Waals surface area contributed by atoms with Crippen molar-refractivity contribution in [2.45, 2.75) is 26.5 Å². The fourth-order valence-corrected chi connectivity index (χ4v) is 3.89. The average molecular weight is 430 g/mol. The van der Waals surface area contributed by atoms with Crippen LogP contribution in [0.1, 0.15) is 33.8 Å². The molecule has 9 heteroatoms. The standard InChI is InChI=1S/C21H22N2O6S/c1-13-16-18(30-17(13)21(26)28-10-9-27-3)22-12-23(19(16)24)14(2)20(25)29-11-15-7-5-4-6-8-15/h4-8,12,14H,9-11H2,1-3H3/t14-/m0/s1. The van der Waals surface area contributed by atoms with E-state index in [0.29, 0.717) is 20.7 Å². The second-order valence-electron chi connectivity index (χ2n) is 6.59. The summed E-state index contributed by atoms with van der Waals surface area (Å²) in [5.41, 5.74) is 0.923. The smallest absolute Gasteiger partial charge is 0.348 e. The highest BCUT2D eigenvalue weighted by atomic mass is 32.1. The Bertz CT molecular complexity index is 1110. The first-order chi connectivity index (χ1) is 14.4. The molecule has 158 valence electrons. The van der Waals surface area contributed by atoms with Crippen molar-refractivity contribution < 1.29 is 23.8 Å². The number of fused-ring (bicyclic) bond motifs is 1. The van der Waals surface area contributed by atoms with Crippen molar-refractivity contribution in [3.8, 4) is 0 Å². The van der Waals surface area contributed by atoms with E-state index in [-0.39, 0.29) is 19.8 Å². The van der Waals surface area contributed by atoms with Crippen molar-refractivity contribution >= 4 is 33.5 Å². The molecule has 0 saturated heterocycles. The highest BCUT2D eigenvalue weighted by molar-refractivity contribution is 7.20. The number of aryl methyl sites for hydroxylation is 1. The Morgan fingerprint density at radius 3 is 2.60 bits per heavy atom. The van der Waals surface area contributed by atoms with E-state index in [1.807, 2.05) is 30.3 Å². The number of methoxy groups -OCH3 is 1. The lowest BCUT2D eigenvalue weighted by Crippen LogP contribution is -2.29. The number of thiophene rings is 1. The molecule has 0 radical (unpaired) electrons. The van der Waals surface area contributed by atoms with Gasteiger partial charge in [0.15, 0.2) is 0 Å². The zero-order valence-corrected chi connectivity index (χ0v) is 17.7. The number of esters is 2. The third-order valence-corrected chi connectivity index (χ3v) is 5.74. The molecule has 1 atom stereocenters. The first kappa shape index (κ1) is 21.7. The number of nitrogens with zero attached hydrogens (tertiary/aromatic N) is 2. The minimum absolute atomic E-state index is 0.114. The molecule has 0 bridgehead atoms. The molecule has 1 aromatic carbocycles. The topological polar surface area (TPSA) is 96.7 Å². The number of ether oxygens (including phenoxy) is 3. The van der Waals surface area contributed by atoms with Crippen LogP contribution in [0.2, 0.25) is 0 Å². The SMILES string of the molecule is COCCOC(=O)c1sc2ncn([C@@H](C)C(=O)OCc3ccccc3)c(=O)c2c1C. The van der Waals surface area contributed by atoms with Crippen LogP contribution >= 0.6 is 11.3 Å². The van der Waals surface area contributed by atoms with Gasteiger partial charge in [-0.1, -0.05) is 30.3 Å². The number of aromatic nitrogens is 2. The maximum Gasteiger partial charge on any atom is 0.348 e. The number of carbonyl (C=O) groups excluding carboxylic acids is 2. The van der Waals surface area contributed by atoms with Gasteiger partial charge in [-0.25, -0.2) is 14.6 Å². The Morgan fingerprint density at radius 1 is 1.17 bits per heavy atom. The lowest BCUT2D eigenvalue weighted by Gasteiger charge is -2.14. The molecule has 0 N–H and O–H groups in total. The van der Waals surface area contributed by atoms with E-state index in [1.54, 1.807) is 13.8 Å². The van der Waals surface area contributed by atoms with E-state index in [1.165, 1.54) is 18.0 Å². The Morgan fingerprint density at radius 2 is 1.90 bits per heavy atom. The molecule has 0 fully saturated rings. The monoisotopic (exact) mass is 430 g/mol. The fourth-order valence-electron chi connectivity index (χ4n) is 2.85. The van der Waals surface area contributed by atoms with Crippen molar-refractivity contribution in [3.63, 3.8) is 0 Å². The number of rotatable bonds is 8. The maximum absolute atomic E-state index is 13.0. The van der Waals surface area contributed by atoms with Crippen molar-refractivity contribution in [2.75, 3.05) is 20.3 Å². The Labute approximate surface area is 177 Å². The summed E-state index contributed by atoms with van der Waals surface area (Å²) in [5, 5.41) is 0.295. The summed E-state index contributed by atoms with van der Waals surface area (Å²) < 4.78 is 16.6. The van der Waals surface area contributed by atoms with E-state index >= 15 is 0 Å². The average Bonchev–Trinajstić information content (AvgIpc) is 3.10. The molecular formula is C21H22N2O6S. The molecular weight excluding hydrogens is 408 g/mol. The third kappa shape index (κ3) is 4.58.